The Bertz CT molecular complexity index is 852. The molecule has 0 spiro atoms. The molecular weight excluding hydrogens is 338 g/mol. The molecule has 0 aliphatic carbocycles. The maximum Gasteiger partial charge on any atom is 0.238 e. The lowest BCUT2D eigenvalue weighted by Crippen LogP contribution is -2.32. The molecule has 6 heteroatoms. The average Bonchev–Trinajstić information content (AvgIpc) is 3.12. The molecule has 1 N–H and O–H groups in total. The number of benzene rings is 2. The molecule has 1 heterocycles. The summed E-state index contributed by atoms with van der Waals surface area (Å²) in [5, 5.41) is 2.42. The van der Waals surface area contributed by atoms with Crippen molar-refractivity contribution in [3.63, 3.8) is 0 Å². The lowest BCUT2D eigenvalue weighted by atomic mass is 10.2. The number of nitrogens with zero attached hydrogens (tertiary/aromatic N) is 1. The highest BCUT2D eigenvalue weighted by molar-refractivity contribution is 5.92. The minimum atomic E-state index is -0.680. The number of anilines is 1. The van der Waals surface area contributed by atoms with E-state index in [1.807, 2.05) is 41.3 Å². The van der Waals surface area contributed by atoms with Crippen molar-refractivity contribution in [2.24, 2.45) is 0 Å². The van der Waals surface area contributed by atoms with Crippen LogP contribution in [0.15, 0.2) is 71.3 Å². The van der Waals surface area contributed by atoms with Crippen LogP contribution in [0.5, 0.6) is 0 Å². The molecule has 3 rings (SSSR count). The predicted octanol–water partition coefficient (Wildman–Crippen LogP) is 4.20. The molecule has 1 aromatic heterocycles. The number of halogens is 2. The van der Waals surface area contributed by atoms with Crippen molar-refractivity contribution >= 4 is 11.6 Å². The molecule has 26 heavy (non-hydrogen) atoms. The van der Waals surface area contributed by atoms with Crippen molar-refractivity contribution in [1.82, 2.24) is 4.90 Å². The van der Waals surface area contributed by atoms with Gasteiger partial charge < -0.3 is 9.73 Å². The van der Waals surface area contributed by atoms with Crippen LogP contribution >= 0.6 is 0 Å². The van der Waals surface area contributed by atoms with E-state index < -0.39 is 17.5 Å². The number of rotatable bonds is 7. The van der Waals surface area contributed by atoms with Crippen LogP contribution in [0.1, 0.15) is 11.3 Å². The number of furan rings is 1. The van der Waals surface area contributed by atoms with Crippen LogP contribution in [0.4, 0.5) is 14.5 Å². The van der Waals surface area contributed by atoms with Gasteiger partial charge in [-0.1, -0.05) is 30.3 Å². The van der Waals surface area contributed by atoms with Crippen LogP contribution in [-0.4, -0.2) is 17.4 Å². The summed E-state index contributed by atoms with van der Waals surface area (Å²) in [5.41, 5.74) is 0.858. The van der Waals surface area contributed by atoms with E-state index in [9.17, 15) is 13.6 Å². The van der Waals surface area contributed by atoms with Gasteiger partial charge in [-0.2, -0.15) is 0 Å². The molecule has 0 atom stereocenters. The Morgan fingerprint density at radius 2 is 1.81 bits per heavy atom. The first kappa shape index (κ1) is 17.8. The quantitative estimate of drug-likeness (QED) is 0.690. The van der Waals surface area contributed by atoms with Gasteiger partial charge in [-0.3, -0.25) is 9.69 Å². The zero-order chi connectivity index (χ0) is 18.4. The van der Waals surface area contributed by atoms with Crippen molar-refractivity contribution in [3.8, 4) is 0 Å². The third-order valence-electron chi connectivity index (χ3n) is 3.78. The summed E-state index contributed by atoms with van der Waals surface area (Å²) in [6.45, 7) is 0.938. The normalized spacial score (nSPS) is 10.9. The fourth-order valence-electron chi connectivity index (χ4n) is 2.62. The van der Waals surface area contributed by atoms with Crippen molar-refractivity contribution < 1.29 is 18.0 Å². The minimum Gasteiger partial charge on any atom is -0.468 e. The average molecular weight is 356 g/mol. The lowest BCUT2D eigenvalue weighted by Gasteiger charge is -2.21. The third kappa shape index (κ3) is 5.00. The van der Waals surface area contributed by atoms with Crippen molar-refractivity contribution in [1.29, 1.82) is 0 Å². The highest BCUT2D eigenvalue weighted by Gasteiger charge is 2.15. The monoisotopic (exact) mass is 356 g/mol. The van der Waals surface area contributed by atoms with Gasteiger partial charge in [0.15, 0.2) is 0 Å². The summed E-state index contributed by atoms with van der Waals surface area (Å²) in [7, 11) is 0. The maximum absolute atomic E-state index is 13.7. The summed E-state index contributed by atoms with van der Waals surface area (Å²) >= 11 is 0. The Balaban J connectivity index is 1.69. The van der Waals surface area contributed by atoms with E-state index in [0.29, 0.717) is 18.8 Å². The molecule has 0 bridgehead atoms. The molecule has 4 nitrogen and oxygen atoms in total. The first-order chi connectivity index (χ1) is 12.6. The number of carbonyl (C=O) groups excluding carboxylic acids is 1. The number of carbonyl (C=O) groups is 1. The summed E-state index contributed by atoms with van der Waals surface area (Å²) in [6, 6.07) is 16.2. The van der Waals surface area contributed by atoms with Crippen LogP contribution in [0.2, 0.25) is 0 Å². The molecule has 0 saturated heterocycles. The van der Waals surface area contributed by atoms with Crippen LogP contribution in [-0.2, 0) is 17.9 Å². The minimum absolute atomic E-state index is 0.00550. The van der Waals surface area contributed by atoms with Crippen LogP contribution in [0.25, 0.3) is 0 Å². The molecule has 0 fully saturated rings. The summed E-state index contributed by atoms with van der Waals surface area (Å²) in [5.74, 6) is -1.01. The smallest absolute Gasteiger partial charge is 0.238 e. The predicted molar refractivity (Wildman–Crippen MR) is 94.3 cm³/mol. The maximum atomic E-state index is 13.7. The Morgan fingerprint density at radius 3 is 2.54 bits per heavy atom. The zero-order valence-corrected chi connectivity index (χ0v) is 14.0. The molecule has 0 saturated carbocycles. The van der Waals surface area contributed by atoms with Crippen molar-refractivity contribution in [3.05, 3.63) is 89.9 Å². The first-order valence-corrected chi connectivity index (χ1v) is 8.14. The number of amides is 1. The molecule has 0 aliphatic rings. The Labute approximate surface area is 150 Å². The van der Waals surface area contributed by atoms with Gasteiger partial charge in [-0.15, -0.1) is 0 Å². The van der Waals surface area contributed by atoms with Gasteiger partial charge in [0, 0.05) is 12.6 Å². The summed E-state index contributed by atoms with van der Waals surface area (Å²) in [6.07, 6.45) is 1.57. The Morgan fingerprint density at radius 1 is 1.00 bits per heavy atom. The molecule has 1 amide bonds. The topological polar surface area (TPSA) is 45.5 Å². The third-order valence-corrected chi connectivity index (χ3v) is 3.78. The molecule has 2 aromatic carbocycles. The SMILES string of the molecule is O=C(CN(Cc1ccccc1)Cc1ccco1)Nc1cc(F)ccc1F. The van der Waals surface area contributed by atoms with Gasteiger partial charge >= 0.3 is 0 Å². The molecular formula is C20H18F2N2O2. The molecule has 0 radical (unpaired) electrons. The van der Waals surface area contributed by atoms with Crippen molar-refractivity contribution in [2.75, 3.05) is 11.9 Å². The fraction of sp³-hybridized carbons (Fsp3) is 0.150. The summed E-state index contributed by atoms with van der Waals surface area (Å²) < 4.78 is 32.3. The second kappa shape index (κ2) is 8.40. The van der Waals surface area contributed by atoms with E-state index >= 15 is 0 Å². The second-order valence-corrected chi connectivity index (χ2v) is 5.88. The van der Waals surface area contributed by atoms with E-state index in [2.05, 4.69) is 5.32 Å². The Kier molecular flexibility index (Phi) is 5.76. The van der Waals surface area contributed by atoms with Gasteiger partial charge in [0.1, 0.15) is 17.4 Å². The van der Waals surface area contributed by atoms with Crippen molar-refractivity contribution in [2.45, 2.75) is 13.1 Å². The van der Waals surface area contributed by atoms with E-state index in [1.54, 1.807) is 12.3 Å². The van der Waals surface area contributed by atoms with Crippen LogP contribution in [0, 0.1) is 11.6 Å². The standard InChI is InChI=1S/C20H18F2N2O2/c21-16-8-9-18(22)19(11-16)23-20(25)14-24(13-17-7-4-10-26-17)12-15-5-2-1-3-6-15/h1-11H,12-14H2,(H,23,25). The number of hydrogen-bond acceptors (Lipinski definition) is 3. The number of nitrogens with one attached hydrogen (secondary N) is 1. The van der Waals surface area contributed by atoms with E-state index in [0.717, 1.165) is 23.8 Å². The van der Waals surface area contributed by atoms with Crippen LogP contribution < -0.4 is 5.32 Å². The van der Waals surface area contributed by atoms with Gasteiger partial charge in [-0.25, -0.2) is 8.78 Å². The van der Waals surface area contributed by atoms with Gasteiger partial charge in [-0.05, 0) is 29.8 Å². The molecule has 0 aliphatic heterocycles. The first-order valence-electron chi connectivity index (χ1n) is 8.14. The van der Waals surface area contributed by atoms with Gasteiger partial charge in [0.2, 0.25) is 5.91 Å². The fourth-order valence-corrected chi connectivity index (χ4v) is 2.62. The Hall–Kier alpha value is -2.99. The molecule has 0 unspecified atom stereocenters. The zero-order valence-electron chi connectivity index (χ0n) is 14.0. The summed E-state index contributed by atoms with van der Waals surface area (Å²) in [4.78, 5) is 14.2. The van der Waals surface area contributed by atoms with E-state index in [1.165, 1.54) is 0 Å². The van der Waals surface area contributed by atoms with Gasteiger partial charge in [0.25, 0.3) is 0 Å². The largest absolute Gasteiger partial charge is 0.468 e. The van der Waals surface area contributed by atoms with Gasteiger partial charge in [0.05, 0.1) is 25.0 Å². The molecule has 134 valence electrons. The number of hydrogen-bond donors (Lipinski definition) is 1. The van der Waals surface area contributed by atoms with Crippen LogP contribution in [0.3, 0.4) is 0 Å². The highest BCUT2D eigenvalue weighted by Crippen LogP contribution is 2.16. The van der Waals surface area contributed by atoms with E-state index in [-0.39, 0.29) is 12.2 Å². The highest BCUT2D eigenvalue weighted by atomic mass is 19.1. The van der Waals surface area contributed by atoms with E-state index in [4.69, 9.17) is 4.42 Å². The molecule has 3 aromatic rings. The second-order valence-electron chi connectivity index (χ2n) is 5.88. The lowest BCUT2D eigenvalue weighted by molar-refractivity contribution is -0.117.